The first-order chi connectivity index (χ1) is 14.4. The van der Waals surface area contributed by atoms with E-state index >= 15 is 0 Å². The maximum atomic E-state index is 12.4. The van der Waals surface area contributed by atoms with Gasteiger partial charge in [0.25, 0.3) is 0 Å². The number of ether oxygens (including phenoxy) is 2. The number of aliphatic hydroxyl groups is 1. The van der Waals surface area contributed by atoms with Gasteiger partial charge in [-0.3, -0.25) is 4.98 Å². The molecule has 6 heteroatoms. The number of amides is 1. The molecule has 162 valence electrons. The van der Waals surface area contributed by atoms with Crippen LogP contribution in [0.15, 0.2) is 42.7 Å². The van der Waals surface area contributed by atoms with Crippen LogP contribution >= 0.6 is 0 Å². The van der Waals surface area contributed by atoms with Crippen LogP contribution in [0, 0.1) is 0 Å². The lowest BCUT2D eigenvalue weighted by Crippen LogP contribution is -2.42. The fraction of sp³-hybridized carbons (Fsp3) is 0.500. The van der Waals surface area contributed by atoms with Crippen molar-refractivity contribution in [2.45, 2.75) is 58.1 Å². The van der Waals surface area contributed by atoms with Crippen molar-refractivity contribution in [2.75, 3.05) is 19.8 Å². The summed E-state index contributed by atoms with van der Waals surface area (Å²) in [7, 11) is 0. The van der Waals surface area contributed by atoms with E-state index < -0.39 is 5.60 Å². The molecule has 1 amide bonds. The molecule has 1 fully saturated rings. The molecule has 1 atom stereocenters. The number of nitrogens with zero attached hydrogens (tertiary/aromatic N) is 2. The van der Waals surface area contributed by atoms with Crippen LogP contribution in [0.5, 0.6) is 5.75 Å². The summed E-state index contributed by atoms with van der Waals surface area (Å²) < 4.78 is 11.5. The van der Waals surface area contributed by atoms with E-state index in [1.165, 1.54) is 5.56 Å². The smallest absolute Gasteiger partial charge is 0.410 e. The Balaban J connectivity index is 1.64. The van der Waals surface area contributed by atoms with Crippen molar-refractivity contribution >= 4 is 6.09 Å². The zero-order valence-electron chi connectivity index (χ0n) is 18.1. The Morgan fingerprint density at radius 3 is 2.83 bits per heavy atom. The molecule has 2 heterocycles. The fourth-order valence-corrected chi connectivity index (χ4v) is 3.61. The van der Waals surface area contributed by atoms with Crippen LogP contribution in [0.4, 0.5) is 4.79 Å². The van der Waals surface area contributed by atoms with Crippen molar-refractivity contribution in [3.05, 3.63) is 48.3 Å². The molecule has 3 rings (SSSR count). The van der Waals surface area contributed by atoms with Crippen LogP contribution in [0.1, 0.15) is 45.6 Å². The average molecular weight is 413 g/mol. The first-order valence-corrected chi connectivity index (χ1v) is 10.6. The van der Waals surface area contributed by atoms with Crippen LogP contribution in [0.3, 0.4) is 0 Å². The van der Waals surface area contributed by atoms with Crippen LogP contribution in [0.25, 0.3) is 11.1 Å². The summed E-state index contributed by atoms with van der Waals surface area (Å²) in [5.41, 5.74) is 2.73. The molecule has 1 aliphatic heterocycles. The largest absolute Gasteiger partial charge is 0.490 e. The molecule has 1 aromatic carbocycles. The maximum absolute atomic E-state index is 12.4. The van der Waals surface area contributed by atoms with Gasteiger partial charge in [-0.05, 0) is 63.6 Å². The van der Waals surface area contributed by atoms with E-state index in [-0.39, 0.29) is 18.7 Å². The van der Waals surface area contributed by atoms with E-state index in [1.54, 1.807) is 11.1 Å². The molecule has 1 aromatic heterocycles. The highest BCUT2D eigenvalue weighted by Crippen LogP contribution is 2.26. The Morgan fingerprint density at radius 1 is 1.23 bits per heavy atom. The maximum Gasteiger partial charge on any atom is 0.410 e. The Bertz CT molecular complexity index is 847. The summed E-state index contributed by atoms with van der Waals surface area (Å²) in [6.45, 7) is 6.94. The Kier molecular flexibility index (Phi) is 7.32. The van der Waals surface area contributed by atoms with Gasteiger partial charge in [0.15, 0.2) is 0 Å². The molecule has 1 unspecified atom stereocenters. The van der Waals surface area contributed by atoms with Crippen LogP contribution in [0.2, 0.25) is 0 Å². The molecule has 1 aliphatic rings. The minimum absolute atomic E-state index is 0.00492. The monoisotopic (exact) mass is 412 g/mol. The van der Waals surface area contributed by atoms with Crippen LogP contribution in [-0.4, -0.2) is 52.5 Å². The molecular formula is C24H32N2O4. The molecule has 1 N–H and O–H groups in total. The Labute approximate surface area is 178 Å². The predicted molar refractivity (Wildman–Crippen MR) is 117 cm³/mol. The first-order valence-electron chi connectivity index (χ1n) is 10.6. The summed E-state index contributed by atoms with van der Waals surface area (Å²) in [6, 6.07) is 10.2. The zero-order valence-corrected chi connectivity index (χ0v) is 18.1. The minimum Gasteiger partial charge on any atom is -0.490 e. The quantitative estimate of drug-likeness (QED) is 0.727. The van der Waals surface area contributed by atoms with Crippen LogP contribution in [-0.2, 0) is 11.2 Å². The number of carbonyl (C=O) groups is 1. The van der Waals surface area contributed by atoms with E-state index in [2.05, 4.69) is 17.1 Å². The van der Waals surface area contributed by atoms with Gasteiger partial charge in [-0.15, -0.1) is 0 Å². The SMILES string of the molecule is CC(C)(C)OC(=O)N1CCCC1COc1cncc(-c2cccc(CCCO)c2)c1. The standard InChI is InChI=1S/C24H32N2O4/c1-24(2,3)30-23(28)26-11-5-10-21(26)17-29-22-14-20(15-25-16-22)19-9-4-7-18(13-19)8-6-12-27/h4,7,9,13-16,21,27H,5-6,8,10-12,17H2,1-3H3. The molecule has 1 saturated heterocycles. The lowest BCUT2D eigenvalue weighted by molar-refractivity contribution is 0.0187. The number of aryl methyl sites for hydroxylation is 1. The van der Waals surface area contributed by atoms with Gasteiger partial charge >= 0.3 is 6.09 Å². The highest BCUT2D eigenvalue weighted by molar-refractivity contribution is 5.69. The highest BCUT2D eigenvalue weighted by atomic mass is 16.6. The van der Waals surface area contributed by atoms with Gasteiger partial charge in [-0.1, -0.05) is 24.3 Å². The van der Waals surface area contributed by atoms with E-state index in [4.69, 9.17) is 14.6 Å². The van der Waals surface area contributed by atoms with Gasteiger partial charge in [-0.25, -0.2) is 4.79 Å². The van der Waals surface area contributed by atoms with Gasteiger partial charge in [0.2, 0.25) is 0 Å². The van der Waals surface area contributed by atoms with Gasteiger partial charge < -0.3 is 19.5 Å². The number of likely N-dealkylation sites (tertiary alicyclic amines) is 1. The van der Waals surface area contributed by atoms with Gasteiger partial charge in [0, 0.05) is 24.9 Å². The van der Waals surface area contributed by atoms with Crippen molar-refractivity contribution in [2.24, 2.45) is 0 Å². The topological polar surface area (TPSA) is 71.9 Å². The third-order valence-corrected chi connectivity index (χ3v) is 5.04. The fourth-order valence-electron chi connectivity index (χ4n) is 3.61. The van der Waals surface area contributed by atoms with E-state index in [1.807, 2.05) is 45.2 Å². The normalized spacial score (nSPS) is 16.5. The van der Waals surface area contributed by atoms with Crippen molar-refractivity contribution in [1.29, 1.82) is 0 Å². The molecule has 0 aliphatic carbocycles. The van der Waals surface area contributed by atoms with E-state index in [9.17, 15) is 4.79 Å². The second-order valence-electron chi connectivity index (χ2n) is 8.72. The Hall–Kier alpha value is -2.60. The minimum atomic E-state index is -0.505. The number of aromatic nitrogens is 1. The number of rotatable bonds is 7. The van der Waals surface area contributed by atoms with E-state index in [0.717, 1.165) is 36.8 Å². The number of hydrogen-bond donors (Lipinski definition) is 1. The molecule has 0 spiro atoms. The van der Waals surface area contributed by atoms with Gasteiger partial charge in [0.05, 0.1) is 12.2 Å². The molecule has 0 radical (unpaired) electrons. The lowest BCUT2D eigenvalue weighted by Gasteiger charge is -2.28. The zero-order chi connectivity index (χ0) is 21.6. The third-order valence-electron chi connectivity index (χ3n) is 5.04. The van der Waals surface area contributed by atoms with Crippen molar-refractivity contribution in [1.82, 2.24) is 9.88 Å². The van der Waals surface area contributed by atoms with E-state index in [0.29, 0.717) is 18.9 Å². The molecule has 6 nitrogen and oxygen atoms in total. The lowest BCUT2D eigenvalue weighted by atomic mass is 10.0. The molecule has 0 bridgehead atoms. The summed E-state index contributed by atoms with van der Waals surface area (Å²) >= 11 is 0. The van der Waals surface area contributed by atoms with Gasteiger partial charge in [-0.2, -0.15) is 0 Å². The number of pyridine rings is 1. The second kappa shape index (κ2) is 9.94. The summed E-state index contributed by atoms with van der Waals surface area (Å²) in [6.07, 6.45) is 6.69. The Morgan fingerprint density at radius 2 is 2.07 bits per heavy atom. The highest BCUT2D eigenvalue weighted by Gasteiger charge is 2.32. The van der Waals surface area contributed by atoms with Gasteiger partial charge in [0.1, 0.15) is 18.0 Å². The number of benzene rings is 1. The van der Waals surface area contributed by atoms with Crippen LogP contribution < -0.4 is 4.74 Å². The summed E-state index contributed by atoms with van der Waals surface area (Å²) in [5.74, 6) is 0.685. The van der Waals surface area contributed by atoms with Crippen molar-refractivity contribution < 1.29 is 19.4 Å². The predicted octanol–water partition coefficient (Wildman–Crippen LogP) is 4.45. The first kappa shape index (κ1) is 22.1. The molecule has 0 saturated carbocycles. The average Bonchev–Trinajstić information content (AvgIpc) is 3.19. The number of aliphatic hydroxyl groups excluding tert-OH is 1. The third kappa shape index (κ3) is 6.20. The summed E-state index contributed by atoms with van der Waals surface area (Å²) in [5, 5.41) is 9.05. The number of carbonyl (C=O) groups excluding carboxylic acids is 1. The van der Waals surface area contributed by atoms with Crippen molar-refractivity contribution in [3.8, 4) is 16.9 Å². The summed E-state index contributed by atoms with van der Waals surface area (Å²) in [4.78, 5) is 18.6. The number of hydrogen-bond acceptors (Lipinski definition) is 5. The second-order valence-corrected chi connectivity index (χ2v) is 8.72. The molecular weight excluding hydrogens is 380 g/mol. The molecule has 30 heavy (non-hydrogen) atoms. The van der Waals surface area contributed by atoms with Crippen molar-refractivity contribution in [3.63, 3.8) is 0 Å². The molecule has 2 aromatic rings.